The Balaban J connectivity index is 2.18. The third-order valence-corrected chi connectivity index (χ3v) is 2.57. The maximum Gasteiger partial charge on any atom is 0.218 e. The number of nitrogens with zero attached hydrogens (tertiary/aromatic N) is 1. The van der Waals surface area contributed by atoms with E-state index in [1.807, 2.05) is 24.3 Å². The van der Waals surface area contributed by atoms with Crippen LogP contribution in [-0.4, -0.2) is 4.98 Å². The van der Waals surface area contributed by atoms with Crippen molar-refractivity contribution in [1.82, 2.24) is 4.98 Å². The first-order chi connectivity index (χ1) is 7.79. The highest BCUT2D eigenvalue weighted by molar-refractivity contribution is 6.16. The zero-order valence-electron chi connectivity index (χ0n) is 8.98. The van der Waals surface area contributed by atoms with E-state index in [9.17, 15) is 0 Å². The van der Waals surface area contributed by atoms with Crippen molar-refractivity contribution < 1.29 is 4.42 Å². The highest BCUT2D eigenvalue weighted by Crippen LogP contribution is 2.12. The van der Waals surface area contributed by atoms with Gasteiger partial charge in [0.2, 0.25) is 5.89 Å². The van der Waals surface area contributed by atoms with Gasteiger partial charge in [-0.25, -0.2) is 4.98 Å². The molecule has 1 aromatic heterocycles. The van der Waals surface area contributed by atoms with Gasteiger partial charge >= 0.3 is 0 Å². The number of hydrogen-bond acceptors (Lipinski definition) is 2. The van der Waals surface area contributed by atoms with Crippen LogP contribution in [0.3, 0.4) is 0 Å². The zero-order valence-corrected chi connectivity index (χ0v) is 9.74. The molecule has 0 saturated heterocycles. The molecule has 0 bridgehead atoms. The molecule has 0 N–H and O–H groups in total. The summed E-state index contributed by atoms with van der Waals surface area (Å²) < 4.78 is 5.23. The van der Waals surface area contributed by atoms with E-state index in [1.165, 1.54) is 5.56 Å². The number of aromatic nitrogens is 1. The van der Waals surface area contributed by atoms with Crippen LogP contribution in [0, 0.1) is 6.92 Å². The third-order valence-electron chi connectivity index (χ3n) is 2.30. The van der Waals surface area contributed by atoms with E-state index in [2.05, 4.69) is 24.0 Å². The Morgan fingerprint density at radius 2 is 2.12 bits per heavy atom. The zero-order chi connectivity index (χ0) is 11.4. The minimum Gasteiger partial charge on any atom is -0.445 e. The first-order valence-corrected chi connectivity index (χ1v) is 5.57. The van der Waals surface area contributed by atoms with E-state index in [4.69, 9.17) is 16.0 Å². The van der Waals surface area contributed by atoms with Crippen molar-refractivity contribution >= 4 is 23.8 Å². The molecule has 2 rings (SSSR count). The van der Waals surface area contributed by atoms with E-state index < -0.39 is 0 Å². The van der Waals surface area contributed by atoms with Crippen LogP contribution in [0.4, 0.5) is 0 Å². The standard InChI is InChI=1S/C13H12ClNO/c1-10-4-2-3-5-11(10)6-7-13-15-12(8-14)9-16-13/h2-7,9H,8H2,1H3. The van der Waals surface area contributed by atoms with Crippen LogP contribution in [-0.2, 0) is 5.88 Å². The summed E-state index contributed by atoms with van der Waals surface area (Å²) in [6.07, 6.45) is 5.40. The maximum atomic E-state index is 5.64. The van der Waals surface area contributed by atoms with Crippen molar-refractivity contribution in [3.05, 3.63) is 53.2 Å². The molecule has 0 aliphatic heterocycles. The summed E-state index contributed by atoms with van der Waals surface area (Å²) in [5.41, 5.74) is 3.14. The number of benzene rings is 1. The van der Waals surface area contributed by atoms with E-state index in [0.29, 0.717) is 11.8 Å². The molecule has 0 fully saturated rings. The Kier molecular flexibility index (Phi) is 3.42. The van der Waals surface area contributed by atoms with Crippen LogP contribution in [0.2, 0.25) is 0 Å². The predicted molar refractivity (Wildman–Crippen MR) is 66.2 cm³/mol. The second kappa shape index (κ2) is 4.99. The number of oxazole rings is 1. The Labute approximate surface area is 99.6 Å². The molecule has 0 unspecified atom stereocenters. The Morgan fingerprint density at radius 3 is 2.81 bits per heavy atom. The summed E-state index contributed by atoms with van der Waals surface area (Å²) in [5, 5.41) is 0. The van der Waals surface area contributed by atoms with Crippen LogP contribution >= 0.6 is 11.6 Å². The second-order valence-corrected chi connectivity index (χ2v) is 3.77. The molecule has 0 amide bonds. The van der Waals surface area contributed by atoms with Crippen molar-refractivity contribution in [3.8, 4) is 0 Å². The van der Waals surface area contributed by atoms with Gasteiger partial charge < -0.3 is 4.42 Å². The maximum absolute atomic E-state index is 5.64. The number of alkyl halides is 1. The number of rotatable bonds is 3. The smallest absolute Gasteiger partial charge is 0.218 e. The Bertz CT molecular complexity index is 502. The summed E-state index contributed by atoms with van der Waals surface area (Å²) >= 11 is 5.64. The van der Waals surface area contributed by atoms with Crippen LogP contribution in [0.15, 0.2) is 34.9 Å². The molecule has 0 saturated carbocycles. The lowest BCUT2D eigenvalue weighted by Crippen LogP contribution is -1.79. The van der Waals surface area contributed by atoms with Crippen LogP contribution < -0.4 is 0 Å². The van der Waals surface area contributed by atoms with Gasteiger partial charge in [-0.15, -0.1) is 11.6 Å². The summed E-state index contributed by atoms with van der Waals surface area (Å²) in [5.74, 6) is 0.959. The van der Waals surface area contributed by atoms with Gasteiger partial charge in [0.05, 0.1) is 11.6 Å². The molecule has 0 spiro atoms. The average Bonchev–Trinajstić information content (AvgIpc) is 2.76. The summed E-state index contributed by atoms with van der Waals surface area (Å²) in [6, 6.07) is 8.15. The lowest BCUT2D eigenvalue weighted by molar-refractivity contribution is 0.546. The normalized spacial score (nSPS) is 11.1. The molecule has 16 heavy (non-hydrogen) atoms. The minimum atomic E-state index is 0.377. The molecule has 0 aliphatic carbocycles. The van der Waals surface area contributed by atoms with Crippen molar-refractivity contribution in [2.24, 2.45) is 0 Å². The number of hydrogen-bond donors (Lipinski definition) is 0. The summed E-state index contributed by atoms with van der Waals surface area (Å²) in [4.78, 5) is 4.19. The van der Waals surface area contributed by atoms with Crippen molar-refractivity contribution in [2.75, 3.05) is 0 Å². The van der Waals surface area contributed by atoms with Crippen LogP contribution in [0.25, 0.3) is 12.2 Å². The summed E-state index contributed by atoms with van der Waals surface area (Å²) in [7, 11) is 0. The van der Waals surface area contributed by atoms with E-state index >= 15 is 0 Å². The largest absolute Gasteiger partial charge is 0.445 e. The monoisotopic (exact) mass is 233 g/mol. The third kappa shape index (κ3) is 2.52. The van der Waals surface area contributed by atoms with Crippen LogP contribution in [0.5, 0.6) is 0 Å². The topological polar surface area (TPSA) is 26.0 Å². The van der Waals surface area contributed by atoms with Crippen LogP contribution in [0.1, 0.15) is 22.7 Å². The van der Waals surface area contributed by atoms with E-state index in [0.717, 1.165) is 11.3 Å². The van der Waals surface area contributed by atoms with Gasteiger partial charge in [0.1, 0.15) is 6.26 Å². The molecule has 82 valence electrons. The highest BCUT2D eigenvalue weighted by Gasteiger charge is 1.98. The first-order valence-electron chi connectivity index (χ1n) is 5.03. The second-order valence-electron chi connectivity index (χ2n) is 3.50. The van der Waals surface area contributed by atoms with E-state index in [1.54, 1.807) is 6.26 Å². The molecule has 0 atom stereocenters. The van der Waals surface area contributed by atoms with Crippen molar-refractivity contribution in [1.29, 1.82) is 0 Å². The van der Waals surface area contributed by atoms with Crippen molar-refractivity contribution in [3.63, 3.8) is 0 Å². The lowest BCUT2D eigenvalue weighted by Gasteiger charge is -1.96. The fourth-order valence-corrected chi connectivity index (χ4v) is 1.52. The highest BCUT2D eigenvalue weighted by atomic mass is 35.5. The SMILES string of the molecule is Cc1ccccc1C=Cc1nc(CCl)co1. The quantitative estimate of drug-likeness (QED) is 0.752. The van der Waals surface area contributed by atoms with Gasteiger partial charge in [-0.2, -0.15) is 0 Å². The Morgan fingerprint density at radius 1 is 1.31 bits per heavy atom. The van der Waals surface area contributed by atoms with E-state index in [-0.39, 0.29) is 0 Å². The molecule has 0 aliphatic rings. The number of aryl methyl sites for hydroxylation is 1. The fraction of sp³-hybridized carbons (Fsp3) is 0.154. The molecule has 3 heteroatoms. The van der Waals surface area contributed by atoms with Gasteiger partial charge in [0.25, 0.3) is 0 Å². The Hall–Kier alpha value is -1.54. The van der Waals surface area contributed by atoms with Crippen molar-refractivity contribution in [2.45, 2.75) is 12.8 Å². The number of halogens is 1. The predicted octanol–water partition coefficient (Wildman–Crippen LogP) is 3.89. The average molecular weight is 234 g/mol. The molecule has 0 radical (unpaired) electrons. The lowest BCUT2D eigenvalue weighted by atomic mass is 10.1. The molecule has 1 heterocycles. The molecular formula is C13H12ClNO. The minimum absolute atomic E-state index is 0.377. The fourth-order valence-electron chi connectivity index (χ4n) is 1.40. The van der Waals surface area contributed by atoms with Gasteiger partial charge in [-0.1, -0.05) is 24.3 Å². The van der Waals surface area contributed by atoms with Gasteiger partial charge in [0.15, 0.2) is 0 Å². The molecule has 2 nitrogen and oxygen atoms in total. The van der Waals surface area contributed by atoms with Gasteiger partial charge in [-0.05, 0) is 24.1 Å². The molecular weight excluding hydrogens is 222 g/mol. The van der Waals surface area contributed by atoms with Gasteiger partial charge in [-0.3, -0.25) is 0 Å². The molecule has 2 aromatic rings. The molecule has 1 aromatic carbocycles. The van der Waals surface area contributed by atoms with Gasteiger partial charge in [0, 0.05) is 6.08 Å². The summed E-state index contributed by atoms with van der Waals surface area (Å²) in [6.45, 7) is 2.07. The first kappa shape index (κ1) is 11.0.